The molecule has 1 heterocycles. The number of halogens is 3. The van der Waals surface area contributed by atoms with Crippen molar-refractivity contribution < 1.29 is 22.7 Å². The van der Waals surface area contributed by atoms with Crippen molar-refractivity contribution in [3.05, 3.63) is 23.9 Å². The first-order valence-corrected chi connectivity index (χ1v) is 5.02. The second-order valence-corrected chi connectivity index (χ2v) is 3.31. The molecular formula is C10H13F3N2O2. The fourth-order valence-electron chi connectivity index (χ4n) is 1.10. The maximum Gasteiger partial charge on any atom is 0.417 e. The highest BCUT2D eigenvalue weighted by molar-refractivity contribution is 5.19. The number of ether oxygens (including phenoxy) is 1. The lowest BCUT2D eigenvalue weighted by Crippen LogP contribution is -2.07. The van der Waals surface area contributed by atoms with Crippen molar-refractivity contribution in [3.8, 4) is 5.88 Å². The van der Waals surface area contributed by atoms with Crippen molar-refractivity contribution in [2.24, 2.45) is 5.90 Å². The fraction of sp³-hybridized carbons (Fsp3) is 0.500. The molecule has 1 aromatic heterocycles. The lowest BCUT2D eigenvalue weighted by Gasteiger charge is -2.08. The zero-order valence-electron chi connectivity index (χ0n) is 9.04. The van der Waals surface area contributed by atoms with Gasteiger partial charge in [-0.05, 0) is 18.9 Å². The van der Waals surface area contributed by atoms with Crippen molar-refractivity contribution in [2.75, 3.05) is 13.2 Å². The topological polar surface area (TPSA) is 57.4 Å². The minimum Gasteiger partial charge on any atom is -0.478 e. The molecule has 4 nitrogen and oxygen atoms in total. The Kier molecular flexibility index (Phi) is 5.17. The van der Waals surface area contributed by atoms with Gasteiger partial charge in [-0.2, -0.15) is 13.2 Å². The first-order chi connectivity index (χ1) is 8.04. The zero-order valence-corrected chi connectivity index (χ0v) is 9.04. The van der Waals surface area contributed by atoms with Gasteiger partial charge in [0.05, 0.1) is 18.8 Å². The summed E-state index contributed by atoms with van der Waals surface area (Å²) >= 11 is 0. The Balaban J connectivity index is 2.36. The van der Waals surface area contributed by atoms with Crippen LogP contribution in [0.15, 0.2) is 18.3 Å². The highest BCUT2D eigenvalue weighted by Gasteiger charge is 2.30. The second kappa shape index (κ2) is 6.41. The average Bonchev–Trinajstić information content (AvgIpc) is 2.28. The molecule has 0 aliphatic heterocycles. The quantitative estimate of drug-likeness (QED) is 0.620. The first kappa shape index (κ1) is 13.7. The molecule has 2 N–H and O–H groups in total. The van der Waals surface area contributed by atoms with Crippen LogP contribution in [0.2, 0.25) is 0 Å². The monoisotopic (exact) mass is 250 g/mol. The molecule has 0 saturated heterocycles. The summed E-state index contributed by atoms with van der Waals surface area (Å²) in [4.78, 5) is 7.92. The summed E-state index contributed by atoms with van der Waals surface area (Å²) in [5.74, 6) is 4.99. The molecule has 0 amide bonds. The summed E-state index contributed by atoms with van der Waals surface area (Å²) in [6, 6.07) is 2.13. The Morgan fingerprint density at radius 1 is 1.18 bits per heavy atom. The largest absolute Gasteiger partial charge is 0.478 e. The Bertz CT molecular complexity index is 327. The fourth-order valence-corrected chi connectivity index (χ4v) is 1.10. The number of unbranched alkanes of at least 4 members (excludes halogenated alkanes) is 1. The van der Waals surface area contributed by atoms with Crippen LogP contribution in [-0.4, -0.2) is 18.2 Å². The van der Waals surface area contributed by atoms with E-state index in [1.807, 2.05) is 0 Å². The average molecular weight is 250 g/mol. The number of pyridine rings is 1. The minimum atomic E-state index is -4.37. The molecule has 0 fully saturated rings. The molecular weight excluding hydrogens is 237 g/mol. The Hall–Kier alpha value is -1.34. The van der Waals surface area contributed by atoms with E-state index in [1.54, 1.807) is 0 Å². The van der Waals surface area contributed by atoms with E-state index < -0.39 is 11.7 Å². The molecule has 7 heteroatoms. The van der Waals surface area contributed by atoms with Crippen molar-refractivity contribution in [1.29, 1.82) is 0 Å². The SMILES string of the molecule is NOCCCCOc1ccc(C(F)(F)F)cn1. The summed E-state index contributed by atoms with van der Waals surface area (Å²) < 4.78 is 41.8. The van der Waals surface area contributed by atoms with Crippen LogP contribution in [0.3, 0.4) is 0 Å². The van der Waals surface area contributed by atoms with Crippen LogP contribution in [-0.2, 0) is 11.0 Å². The van der Waals surface area contributed by atoms with E-state index in [4.69, 9.17) is 10.6 Å². The Morgan fingerprint density at radius 3 is 2.41 bits per heavy atom. The smallest absolute Gasteiger partial charge is 0.417 e. The minimum absolute atomic E-state index is 0.173. The van der Waals surface area contributed by atoms with Crippen LogP contribution in [0, 0.1) is 0 Å². The van der Waals surface area contributed by atoms with Crippen LogP contribution in [0.4, 0.5) is 13.2 Å². The molecule has 17 heavy (non-hydrogen) atoms. The molecule has 1 rings (SSSR count). The summed E-state index contributed by atoms with van der Waals surface area (Å²) in [5, 5.41) is 0. The number of nitrogens with zero attached hydrogens (tertiary/aromatic N) is 1. The third-order valence-electron chi connectivity index (χ3n) is 1.97. The number of alkyl halides is 3. The normalized spacial score (nSPS) is 11.5. The van der Waals surface area contributed by atoms with Gasteiger partial charge in [0, 0.05) is 12.3 Å². The molecule has 0 aliphatic rings. The van der Waals surface area contributed by atoms with Crippen molar-refractivity contribution in [3.63, 3.8) is 0 Å². The summed E-state index contributed by atoms with van der Waals surface area (Å²) in [6.07, 6.45) is -2.21. The van der Waals surface area contributed by atoms with E-state index in [-0.39, 0.29) is 5.88 Å². The van der Waals surface area contributed by atoms with Gasteiger partial charge in [-0.3, -0.25) is 0 Å². The van der Waals surface area contributed by atoms with Crippen LogP contribution in [0.5, 0.6) is 5.88 Å². The molecule has 1 aromatic rings. The van der Waals surface area contributed by atoms with Gasteiger partial charge >= 0.3 is 6.18 Å². The maximum atomic E-state index is 12.2. The van der Waals surface area contributed by atoms with Crippen LogP contribution >= 0.6 is 0 Å². The van der Waals surface area contributed by atoms with Gasteiger partial charge in [0.25, 0.3) is 0 Å². The second-order valence-electron chi connectivity index (χ2n) is 3.31. The molecule has 96 valence electrons. The van der Waals surface area contributed by atoms with E-state index >= 15 is 0 Å². The van der Waals surface area contributed by atoms with Crippen LogP contribution in [0.25, 0.3) is 0 Å². The molecule has 0 saturated carbocycles. The van der Waals surface area contributed by atoms with Crippen LogP contribution in [0.1, 0.15) is 18.4 Å². The van der Waals surface area contributed by atoms with Gasteiger partial charge in [-0.1, -0.05) is 0 Å². The number of hydrogen-bond donors (Lipinski definition) is 1. The van der Waals surface area contributed by atoms with Gasteiger partial charge < -0.3 is 9.57 Å². The standard InChI is InChI=1S/C10H13F3N2O2/c11-10(12,13)8-3-4-9(15-7-8)16-5-1-2-6-17-14/h3-4,7H,1-2,5-6,14H2. The molecule has 0 unspecified atom stereocenters. The van der Waals surface area contributed by atoms with Gasteiger partial charge in [0.1, 0.15) is 0 Å². The number of rotatable bonds is 6. The third-order valence-corrected chi connectivity index (χ3v) is 1.97. The summed E-state index contributed by atoms with van der Waals surface area (Å²) in [7, 11) is 0. The molecule has 0 aromatic carbocycles. The van der Waals surface area contributed by atoms with Crippen molar-refractivity contribution >= 4 is 0 Å². The lowest BCUT2D eigenvalue weighted by atomic mass is 10.3. The van der Waals surface area contributed by atoms with Crippen molar-refractivity contribution in [2.45, 2.75) is 19.0 Å². The van der Waals surface area contributed by atoms with E-state index in [9.17, 15) is 13.2 Å². The molecule has 0 radical (unpaired) electrons. The first-order valence-electron chi connectivity index (χ1n) is 5.02. The molecule has 0 aliphatic carbocycles. The highest BCUT2D eigenvalue weighted by Crippen LogP contribution is 2.29. The molecule has 0 bridgehead atoms. The van der Waals surface area contributed by atoms with E-state index in [0.29, 0.717) is 19.6 Å². The molecule has 0 atom stereocenters. The van der Waals surface area contributed by atoms with Gasteiger partial charge in [0.15, 0.2) is 0 Å². The van der Waals surface area contributed by atoms with E-state index in [1.165, 1.54) is 6.07 Å². The summed E-state index contributed by atoms with van der Waals surface area (Å²) in [6.45, 7) is 0.783. The molecule has 0 spiro atoms. The van der Waals surface area contributed by atoms with Gasteiger partial charge in [0.2, 0.25) is 5.88 Å². The van der Waals surface area contributed by atoms with Gasteiger partial charge in [-0.15, -0.1) is 0 Å². The van der Waals surface area contributed by atoms with Gasteiger partial charge in [-0.25, -0.2) is 10.9 Å². The van der Waals surface area contributed by atoms with Crippen molar-refractivity contribution in [1.82, 2.24) is 4.98 Å². The maximum absolute atomic E-state index is 12.2. The predicted molar refractivity (Wildman–Crippen MR) is 54.1 cm³/mol. The summed E-state index contributed by atoms with van der Waals surface area (Å²) in [5.41, 5.74) is -0.790. The van der Waals surface area contributed by atoms with E-state index in [0.717, 1.165) is 18.7 Å². The van der Waals surface area contributed by atoms with E-state index in [2.05, 4.69) is 9.82 Å². The number of aromatic nitrogens is 1. The van der Waals surface area contributed by atoms with Crippen LogP contribution < -0.4 is 10.6 Å². The number of hydrogen-bond acceptors (Lipinski definition) is 4. The highest BCUT2D eigenvalue weighted by atomic mass is 19.4. The zero-order chi connectivity index (χ0) is 12.7. The predicted octanol–water partition coefficient (Wildman–Crippen LogP) is 2.15. The lowest BCUT2D eigenvalue weighted by molar-refractivity contribution is -0.137. The Morgan fingerprint density at radius 2 is 1.88 bits per heavy atom. The Labute approximate surface area is 96.5 Å². The number of nitrogens with two attached hydrogens (primary N) is 1. The third kappa shape index (κ3) is 5.01.